The van der Waals surface area contributed by atoms with E-state index in [0.29, 0.717) is 10.7 Å². The molecule has 78 valence electrons. The highest BCUT2D eigenvalue weighted by Gasteiger charge is 2.30. The summed E-state index contributed by atoms with van der Waals surface area (Å²) in [5.74, 6) is -0.336. The van der Waals surface area contributed by atoms with Gasteiger partial charge < -0.3 is 0 Å². The van der Waals surface area contributed by atoms with Crippen LogP contribution in [0.5, 0.6) is 0 Å². The number of amides is 2. The van der Waals surface area contributed by atoms with E-state index >= 15 is 0 Å². The fourth-order valence-electron chi connectivity index (χ4n) is 1.49. The Morgan fingerprint density at radius 3 is 2.33 bits per heavy atom. The van der Waals surface area contributed by atoms with E-state index in [1.54, 1.807) is 18.2 Å². The molecular formula is C10H7BrClNO2. The molecule has 0 radical (unpaired) electrons. The minimum atomic E-state index is -0.168. The molecule has 0 aliphatic carbocycles. The molecule has 0 saturated carbocycles. The maximum atomic E-state index is 11.4. The van der Waals surface area contributed by atoms with Crippen LogP contribution >= 0.6 is 27.5 Å². The molecular weight excluding hydrogens is 281 g/mol. The number of hydrogen-bond acceptors (Lipinski definition) is 2. The van der Waals surface area contributed by atoms with Gasteiger partial charge in [0.05, 0.1) is 10.7 Å². The highest BCUT2D eigenvalue weighted by Crippen LogP contribution is 2.30. The van der Waals surface area contributed by atoms with Crippen LogP contribution in [0.15, 0.2) is 22.7 Å². The average Bonchev–Trinajstić information content (AvgIpc) is 2.52. The van der Waals surface area contributed by atoms with E-state index in [0.717, 1.165) is 4.47 Å². The molecule has 15 heavy (non-hydrogen) atoms. The topological polar surface area (TPSA) is 37.4 Å². The third-order valence-electron chi connectivity index (χ3n) is 2.21. The molecule has 5 heteroatoms. The first-order valence-corrected chi connectivity index (χ1v) is 5.57. The van der Waals surface area contributed by atoms with Gasteiger partial charge in [-0.3, -0.25) is 14.5 Å². The van der Waals surface area contributed by atoms with Crippen molar-refractivity contribution in [2.45, 2.75) is 12.8 Å². The summed E-state index contributed by atoms with van der Waals surface area (Å²) in [4.78, 5) is 24.0. The summed E-state index contributed by atoms with van der Waals surface area (Å²) in [6, 6.07) is 5.01. The van der Waals surface area contributed by atoms with Crippen LogP contribution in [0.25, 0.3) is 0 Å². The summed E-state index contributed by atoms with van der Waals surface area (Å²) < 4.78 is 0.743. The Labute approximate surface area is 100 Å². The Hall–Kier alpha value is -0.870. The molecule has 0 atom stereocenters. The third-order valence-corrected chi connectivity index (χ3v) is 3.45. The van der Waals surface area contributed by atoms with Gasteiger partial charge in [0.15, 0.2) is 0 Å². The van der Waals surface area contributed by atoms with Crippen molar-refractivity contribution in [3.05, 3.63) is 27.7 Å². The van der Waals surface area contributed by atoms with E-state index < -0.39 is 0 Å². The summed E-state index contributed by atoms with van der Waals surface area (Å²) in [5.41, 5.74) is 0.538. The Morgan fingerprint density at radius 1 is 1.20 bits per heavy atom. The van der Waals surface area contributed by atoms with Gasteiger partial charge in [0.2, 0.25) is 11.8 Å². The number of anilines is 1. The molecule has 3 nitrogen and oxygen atoms in total. The van der Waals surface area contributed by atoms with E-state index in [1.807, 2.05) is 0 Å². The number of carbonyl (C=O) groups is 2. The van der Waals surface area contributed by atoms with Crippen molar-refractivity contribution in [1.29, 1.82) is 0 Å². The Kier molecular flexibility index (Phi) is 2.80. The second kappa shape index (κ2) is 3.94. The van der Waals surface area contributed by atoms with Crippen LogP contribution in [0.2, 0.25) is 5.02 Å². The van der Waals surface area contributed by atoms with E-state index in [1.165, 1.54) is 4.90 Å². The average molecular weight is 289 g/mol. The number of hydrogen-bond donors (Lipinski definition) is 0. The summed E-state index contributed by atoms with van der Waals surface area (Å²) in [6.07, 6.45) is 0.568. The lowest BCUT2D eigenvalue weighted by Crippen LogP contribution is -2.28. The number of carbonyl (C=O) groups excluding carboxylic acids is 2. The molecule has 2 amide bonds. The van der Waals surface area contributed by atoms with Crippen molar-refractivity contribution in [2.75, 3.05) is 4.90 Å². The smallest absolute Gasteiger partial charge is 0.234 e. The fraction of sp³-hybridized carbons (Fsp3) is 0.200. The molecule has 1 aromatic rings. The molecule has 0 unspecified atom stereocenters. The zero-order chi connectivity index (χ0) is 11.0. The van der Waals surface area contributed by atoms with Gasteiger partial charge >= 0.3 is 0 Å². The lowest BCUT2D eigenvalue weighted by atomic mass is 10.3. The fourth-order valence-corrected chi connectivity index (χ4v) is 1.91. The van der Waals surface area contributed by atoms with Gasteiger partial charge in [-0.25, -0.2) is 0 Å². The summed E-state index contributed by atoms with van der Waals surface area (Å²) in [5, 5.41) is 0.486. The number of halogens is 2. The normalized spacial score (nSPS) is 16.3. The maximum absolute atomic E-state index is 11.4. The SMILES string of the molecule is O=C1CCC(=O)N1c1ccc(Br)c(Cl)c1. The summed E-state index contributed by atoms with van der Waals surface area (Å²) in [7, 11) is 0. The van der Waals surface area contributed by atoms with Crippen molar-refractivity contribution < 1.29 is 9.59 Å². The van der Waals surface area contributed by atoms with Crippen molar-refractivity contribution in [3.63, 3.8) is 0 Å². The highest BCUT2D eigenvalue weighted by molar-refractivity contribution is 9.10. The first kappa shape index (κ1) is 10.6. The van der Waals surface area contributed by atoms with Gasteiger partial charge in [0, 0.05) is 17.3 Å². The van der Waals surface area contributed by atoms with Gasteiger partial charge in [-0.1, -0.05) is 11.6 Å². The Morgan fingerprint density at radius 2 is 1.80 bits per heavy atom. The predicted molar refractivity (Wildman–Crippen MR) is 60.9 cm³/mol. The Balaban J connectivity index is 2.41. The summed E-state index contributed by atoms with van der Waals surface area (Å²) in [6.45, 7) is 0. The minimum Gasteiger partial charge on any atom is -0.274 e. The van der Waals surface area contributed by atoms with Crippen molar-refractivity contribution >= 4 is 45.0 Å². The Bertz CT molecular complexity index is 431. The second-order valence-electron chi connectivity index (χ2n) is 3.22. The van der Waals surface area contributed by atoms with E-state index in [9.17, 15) is 9.59 Å². The summed E-state index contributed by atoms with van der Waals surface area (Å²) >= 11 is 9.14. The lowest BCUT2D eigenvalue weighted by molar-refractivity contribution is -0.121. The van der Waals surface area contributed by atoms with E-state index in [2.05, 4.69) is 15.9 Å². The van der Waals surface area contributed by atoms with Gasteiger partial charge in [-0.2, -0.15) is 0 Å². The van der Waals surface area contributed by atoms with Crippen LogP contribution in [0.4, 0.5) is 5.69 Å². The van der Waals surface area contributed by atoms with Crippen LogP contribution in [0.1, 0.15) is 12.8 Å². The number of imide groups is 1. The molecule has 1 aliphatic heterocycles. The third kappa shape index (κ3) is 1.92. The minimum absolute atomic E-state index is 0.168. The molecule has 1 aliphatic rings. The largest absolute Gasteiger partial charge is 0.274 e. The van der Waals surface area contributed by atoms with Crippen LogP contribution in [0, 0.1) is 0 Å². The lowest BCUT2D eigenvalue weighted by Gasteiger charge is -2.14. The molecule has 2 rings (SSSR count). The zero-order valence-corrected chi connectivity index (χ0v) is 10.0. The number of rotatable bonds is 1. The van der Waals surface area contributed by atoms with Crippen LogP contribution in [0.3, 0.4) is 0 Å². The maximum Gasteiger partial charge on any atom is 0.234 e. The molecule has 1 aromatic carbocycles. The predicted octanol–water partition coefficient (Wildman–Crippen LogP) is 2.76. The molecule has 1 saturated heterocycles. The molecule has 1 heterocycles. The quantitative estimate of drug-likeness (QED) is 0.745. The van der Waals surface area contributed by atoms with Crippen LogP contribution in [-0.2, 0) is 9.59 Å². The van der Waals surface area contributed by atoms with Gasteiger partial charge in [-0.15, -0.1) is 0 Å². The molecule has 1 fully saturated rings. The van der Waals surface area contributed by atoms with Gasteiger partial charge in [0.25, 0.3) is 0 Å². The van der Waals surface area contributed by atoms with Crippen LogP contribution in [-0.4, -0.2) is 11.8 Å². The molecule has 0 N–H and O–H groups in total. The van der Waals surface area contributed by atoms with Crippen molar-refractivity contribution in [3.8, 4) is 0 Å². The van der Waals surface area contributed by atoms with Crippen molar-refractivity contribution in [1.82, 2.24) is 0 Å². The molecule has 0 spiro atoms. The second-order valence-corrected chi connectivity index (χ2v) is 4.48. The first-order valence-electron chi connectivity index (χ1n) is 4.40. The van der Waals surface area contributed by atoms with Gasteiger partial charge in [-0.05, 0) is 34.1 Å². The van der Waals surface area contributed by atoms with E-state index in [4.69, 9.17) is 11.6 Å². The van der Waals surface area contributed by atoms with E-state index in [-0.39, 0.29) is 24.7 Å². The van der Waals surface area contributed by atoms with Crippen LogP contribution < -0.4 is 4.90 Å². The standard InChI is InChI=1S/C10H7BrClNO2/c11-7-2-1-6(5-8(7)12)13-9(14)3-4-10(13)15/h1-2,5H,3-4H2. The monoisotopic (exact) mass is 287 g/mol. The number of benzene rings is 1. The number of nitrogens with zero attached hydrogens (tertiary/aromatic N) is 1. The van der Waals surface area contributed by atoms with Gasteiger partial charge in [0.1, 0.15) is 0 Å². The molecule has 0 bridgehead atoms. The van der Waals surface area contributed by atoms with Crippen molar-refractivity contribution in [2.24, 2.45) is 0 Å². The zero-order valence-electron chi connectivity index (χ0n) is 7.67. The first-order chi connectivity index (χ1) is 7.09. The highest BCUT2D eigenvalue weighted by atomic mass is 79.9. The molecule has 0 aromatic heterocycles.